The van der Waals surface area contributed by atoms with E-state index in [0.717, 1.165) is 5.75 Å². The lowest BCUT2D eigenvalue weighted by Gasteiger charge is -2.21. The summed E-state index contributed by atoms with van der Waals surface area (Å²) in [7, 11) is 0. The Balaban J connectivity index is 2.39. The fraction of sp³-hybridized carbons (Fsp3) is 0.833. The highest BCUT2D eigenvalue weighted by molar-refractivity contribution is 7.98. The van der Waals surface area contributed by atoms with Crippen LogP contribution in [-0.4, -0.2) is 53.6 Å². The number of amides is 2. The maximum Gasteiger partial charge on any atom is 0.317 e. The van der Waals surface area contributed by atoms with Crippen LogP contribution >= 0.6 is 11.8 Å². The molecule has 1 fully saturated rings. The predicted molar refractivity (Wildman–Crippen MR) is 72.9 cm³/mol. The molecule has 5 nitrogen and oxygen atoms in total. The molecule has 0 spiro atoms. The average Bonchev–Trinajstić information content (AvgIpc) is 2.71. The fourth-order valence-electron chi connectivity index (χ4n) is 2.03. The molecule has 1 heterocycles. The van der Waals surface area contributed by atoms with Gasteiger partial charge in [0.25, 0.3) is 0 Å². The molecule has 1 rings (SSSR count). The highest BCUT2D eigenvalue weighted by atomic mass is 32.2. The van der Waals surface area contributed by atoms with Crippen LogP contribution in [-0.2, 0) is 4.79 Å². The second-order valence-corrected chi connectivity index (χ2v) is 6.19. The van der Waals surface area contributed by atoms with Crippen molar-refractivity contribution in [2.45, 2.75) is 20.3 Å². The molecule has 0 aromatic carbocycles. The number of carbonyl (C=O) groups excluding carboxylic acids is 1. The Morgan fingerprint density at radius 3 is 2.72 bits per heavy atom. The van der Waals surface area contributed by atoms with Gasteiger partial charge in [-0.15, -0.1) is 0 Å². The summed E-state index contributed by atoms with van der Waals surface area (Å²) in [6.07, 6.45) is 2.56. The van der Waals surface area contributed by atoms with Gasteiger partial charge in [-0.1, -0.05) is 6.92 Å². The molecule has 0 saturated carbocycles. The lowest BCUT2D eigenvalue weighted by atomic mass is 9.90. The van der Waals surface area contributed by atoms with Gasteiger partial charge in [-0.25, -0.2) is 4.79 Å². The molecule has 0 bridgehead atoms. The van der Waals surface area contributed by atoms with Gasteiger partial charge in [0.2, 0.25) is 0 Å². The summed E-state index contributed by atoms with van der Waals surface area (Å²) in [4.78, 5) is 24.6. The summed E-state index contributed by atoms with van der Waals surface area (Å²) < 4.78 is 0. The maximum atomic E-state index is 11.9. The van der Waals surface area contributed by atoms with Gasteiger partial charge < -0.3 is 15.3 Å². The van der Waals surface area contributed by atoms with E-state index < -0.39 is 11.4 Å². The largest absolute Gasteiger partial charge is 0.481 e. The Morgan fingerprint density at radius 1 is 1.56 bits per heavy atom. The summed E-state index contributed by atoms with van der Waals surface area (Å²) in [5, 5.41) is 12.0. The topological polar surface area (TPSA) is 69.6 Å². The number of rotatable bonds is 5. The van der Waals surface area contributed by atoms with Gasteiger partial charge in [-0.3, -0.25) is 4.79 Å². The molecule has 18 heavy (non-hydrogen) atoms. The number of urea groups is 1. The first kappa shape index (κ1) is 15.1. The number of aliphatic carboxylic acids is 1. The van der Waals surface area contributed by atoms with E-state index in [1.54, 1.807) is 23.6 Å². The number of hydrogen-bond donors (Lipinski definition) is 2. The standard InChI is InChI=1S/C12H22N2O3S/c1-9(7-18-3)6-13-11(17)14-5-4-12(2,8-14)10(15)16/h9H,4-8H2,1-3H3,(H,13,17)(H,15,16). The van der Waals surface area contributed by atoms with Gasteiger partial charge in [0.15, 0.2) is 0 Å². The van der Waals surface area contributed by atoms with Gasteiger partial charge in [0, 0.05) is 19.6 Å². The van der Waals surface area contributed by atoms with E-state index >= 15 is 0 Å². The molecule has 0 aliphatic carbocycles. The second kappa shape index (κ2) is 6.31. The van der Waals surface area contributed by atoms with E-state index in [0.29, 0.717) is 32.0 Å². The molecule has 2 N–H and O–H groups in total. The van der Waals surface area contributed by atoms with E-state index in [-0.39, 0.29) is 6.03 Å². The van der Waals surface area contributed by atoms with Gasteiger partial charge in [0.05, 0.1) is 5.41 Å². The summed E-state index contributed by atoms with van der Waals surface area (Å²) in [5.74, 6) is 0.610. The number of carboxylic acid groups (broad SMARTS) is 1. The van der Waals surface area contributed by atoms with Crippen LogP contribution in [0.1, 0.15) is 20.3 Å². The molecule has 2 atom stereocenters. The zero-order chi connectivity index (χ0) is 13.8. The van der Waals surface area contributed by atoms with Crippen LogP contribution in [0.2, 0.25) is 0 Å². The minimum atomic E-state index is -0.825. The number of thioether (sulfide) groups is 1. The van der Waals surface area contributed by atoms with Crippen molar-refractivity contribution in [2.75, 3.05) is 31.6 Å². The number of nitrogens with zero attached hydrogens (tertiary/aromatic N) is 1. The molecule has 0 aromatic heterocycles. The molecule has 104 valence electrons. The molecule has 6 heteroatoms. The Hall–Kier alpha value is -0.910. The number of hydrogen-bond acceptors (Lipinski definition) is 3. The van der Waals surface area contributed by atoms with Crippen LogP contribution in [0.4, 0.5) is 4.79 Å². The average molecular weight is 274 g/mol. The van der Waals surface area contributed by atoms with Crippen LogP contribution in [0.25, 0.3) is 0 Å². The second-order valence-electron chi connectivity index (χ2n) is 5.28. The number of carboxylic acids is 1. The number of likely N-dealkylation sites (tertiary alicyclic amines) is 1. The number of carbonyl (C=O) groups is 2. The van der Waals surface area contributed by atoms with Crippen molar-refractivity contribution in [1.29, 1.82) is 0 Å². The maximum absolute atomic E-state index is 11.9. The zero-order valence-corrected chi connectivity index (χ0v) is 12.0. The molecule has 1 saturated heterocycles. The Labute approximate surface area is 112 Å². The van der Waals surface area contributed by atoms with Gasteiger partial charge in [0.1, 0.15) is 0 Å². The van der Waals surface area contributed by atoms with Crippen molar-refractivity contribution in [3.8, 4) is 0 Å². The van der Waals surface area contributed by atoms with Crippen molar-refractivity contribution < 1.29 is 14.7 Å². The number of nitrogens with one attached hydrogen (secondary N) is 1. The molecule has 1 aliphatic heterocycles. The first-order chi connectivity index (χ1) is 8.39. The van der Waals surface area contributed by atoms with Crippen LogP contribution in [0.5, 0.6) is 0 Å². The Morgan fingerprint density at radius 2 is 2.22 bits per heavy atom. The molecule has 0 radical (unpaired) electrons. The van der Waals surface area contributed by atoms with Gasteiger partial charge in [-0.05, 0) is 31.3 Å². The third kappa shape index (κ3) is 3.80. The van der Waals surface area contributed by atoms with E-state index in [4.69, 9.17) is 5.11 Å². The van der Waals surface area contributed by atoms with Gasteiger partial charge in [-0.2, -0.15) is 11.8 Å². The predicted octanol–water partition coefficient (Wildman–Crippen LogP) is 1.49. The van der Waals surface area contributed by atoms with Crippen LogP contribution in [0.15, 0.2) is 0 Å². The Kier molecular flexibility index (Phi) is 5.31. The summed E-state index contributed by atoms with van der Waals surface area (Å²) in [5.41, 5.74) is -0.789. The van der Waals surface area contributed by atoms with Crippen molar-refractivity contribution in [3.63, 3.8) is 0 Å². The molecule has 0 aromatic rings. The third-order valence-corrected chi connectivity index (χ3v) is 4.23. The first-order valence-electron chi connectivity index (χ1n) is 6.14. The lowest BCUT2D eigenvalue weighted by molar-refractivity contribution is -0.146. The molecular formula is C12H22N2O3S. The van der Waals surface area contributed by atoms with Crippen LogP contribution in [0.3, 0.4) is 0 Å². The van der Waals surface area contributed by atoms with Crippen LogP contribution in [0, 0.1) is 11.3 Å². The smallest absolute Gasteiger partial charge is 0.317 e. The van der Waals surface area contributed by atoms with E-state index in [1.807, 2.05) is 6.26 Å². The summed E-state index contributed by atoms with van der Waals surface area (Å²) in [6, 6.07) is -0.145. The Bertz CT molecular complexity index is 324. The summed E-state index contributed by atoms with van der Waals surface area (Å²) >= 11 is 1.75. The minimum Gasteiger partial charge on any atom is -0.481 e. The first-order valence-corrected chi connectivity index (χ1v) is 7.53. The van der Waals surface area contributed by atoms with Crippen LogP contribution < -0.4 is 5.32 Å². The zero-order valence-electron chi connectivity index (χ0n) is 11.2. The SMILES string of the molecule is CSCC(C)CNC(=O)N1CCC(C)(C(=O)O)C1. The van der Waals surface area contributed by atoms with E-state index in [9.17, 15) is 9.59 Å². The molecular weight excluding hydrogens is 252 g/mol. The minimum absolute atomic E-state index is 0.145. The van der Waals surface area contributed by atoms with Crippen molar-refractivity contribution in [1.82, 2.24) is 10.2 Å². The summed E-state index contributed by atoms with van der Waals surface area (Å²) in [6.45, 7) is 5.23. The monoisotopic (exact) mass is 274 g/mol. The van der Waals surface area contributed by atoms with Crippen molar-refractivity contribution in [2.24, 2.45) is 11.3 Å². The lowest BCUT2D eigenvalue weighted by Crippen LogP contribution is -2.42. The highest BCUT2D eigenvalue weighted by Crippen LogP contribution is 2.29. The normalized spacial score (nSPS) is 24.9. The molecule has 2 amide bonds. The van der Waals surface area contributed by atoms with E-state index in [2.05, 4.69) is 12.2 Å². The van der Waals surface area contributed by atoms with E-state index in [1.165, 1.54) is 0 Å². The third-order valence-electron chi connectivity index (χ3n) is 3.33. The van der Waals surface area contributed by atoms with Crippen molar-refractivity contribution >= 4 is 23.8 Å². The molecule has 1 aliphatic rings. The van der Waals surface area contributed by atoms with Crippen molar-refractivity contribution in [3.05, 3.63) is 0 Å². The fourth-order valence-corrected chi connectivity index (χ4v) is 2.71. The quantitative estimate of drug-likeness (QED) is 0.797. The van der Waals surface area contributed by atoms with Gasteiger partial charge >= 0.3 is 12.0 Å². The molecule has 2 unspecified atom stereocenters. The highest BCUT2D eigenvalue weighted by Gasteiger charge is 2.42.